The smallest absolute Gasteiger partial charge is 0.0379 e. The second kappa shape index (κ2) is 21.8. The summed E-state index contributed by atoms with van der Waals surface area (Å²) in [7, 11) is 0. The van der Waals surface area contributed by atoms with Crippen LogP contribution in [0.3, 0.4) is 0 Å². The molecule has 0 radical (unpaired) electrons. The van der Waals surface area contributed by atoms with E-state index in [9.17, 15) is 0 Å². The molecule has 6 nitrogen and oxygen atoms in total. The van der Waals surface area contributed by atoms with E-state index in [-0.39, 0.29) is 0 Å². The molecule has 0 amide bonds. The Balaban J connectivity index is 0.000000205. The Morgan fingerprint density at radius 1 is 0.242 bits per heavy atom. The van der Waals surface area contributed by atoms with Gasteiger partial charge in [-0.2, -0.15) is 0 Å². The van der Waals surface area contributed by atoms with Crippen molar-refractivity contribution in [3.05, 3.63) is 173 Å². The van der Waals surface area contributed by atoms with Gasteiger partial charge < -0.3 is 34.4 Å². The molecule has 0 aliphatic rings. The van der Waals surface area contributed by atoms with E-state index < -0.39 is 0 Å². The highest BCUT2D eigenvalue weighted by Gasteiger charge is 2.11. The molecule has 62 heavy (non-hydrogen) atoms. The molecule has 0 unspecified atom stereocenters. The fraction of sp³-hybridized carbons (Fsp3) is 0.357. The molecule has 0 aromatic heterocycles. The number of aryl methyl sites for hydroxylation is 12. The molecule has 0 saturated heterocycles. The summed E-state index contributed by atoms with van der Waals surface area (Å²) < 4.78 is 0. The van der Waals surface area contributed by atoms with Crippen molar-refractivity contribution in [2.75, 3.05) is 34.4 Å². The highest BCUT2D eigenvalue weighted by Crippen LogP contribution is 2.28. The monoisotopic (exact) mass is 833 g/mol. The summed E-state index contributed by atoms with van der Waals surface area (Å²) in [4.78, 5) is 0. The maximum atomic E-state index is 6.24. The first-order valence-electron chi connectivity index (χ1n) is 22.6. The standard InChI is InChI=1S/C20H28N2.C19H26N2.C17H22N2/c1-5-16-10-14(8-13(4)19(16)21)9-15-11-17(6-2)20(22)18(7-3)12-15;1-5-16-10-14(7-12(3)18(16)20)9-15-8-13(4)19(21)17(6-2)11-15;1-10-5-14(6-11(2)16(10)18)9-15-7-12(3)17(19)13(4)8-15/h8,10-12H,5-7,9,21-22H2,1-4H3;7-8,10-11H,5-6,9,20-21H2,1-4H3;5-8H,9,18-19H2,1-4H3. The summed E-state index contributed by atoms with van der Waals surface area (Å²) in [5.41, 5.74) is 64.5. The molecule has 6 aromatic rings. The Labute approximate surface area is 374 Å². The summed E-state index contributed by atoms with van der Waals surface area (Å²) >= 11 is 0. The van der Waals surface area contributed by atoms with Crippen LogP contribution in [0, 0.1) is 48.5 Å². The first-order chi connectivity index (χ1) is 29.3. The minimum Gasteiger partial charge on any atom is -0.398 e. The van der Waals surface area contributed by atoms with Crippen molar-refractivity contribution in [3.63, 3.8) is 0 Å². The lowest BCUT2D eigenvalue weighted by atomic mass is 9.93. The molecular weight excluding hydrogens is 757 g/mol. The van der Waals surface area contributed by atoms with Crippen LogP contribution in [0.25, 0.3) is 0 Å². The molecule has 0 aliphatic carbocycles. The van der Waals surface area contributed by atoms with Crippen LogP contribution in [-0.4, -0.2) is 0 Å². The Morgan fingerprint density at radius 2 is 0.403 bits per heavy atom. The molecule has 6 aromatic carbocycles. The molecule has 0 aliphatic heterocycles. The van der Waals surface area contributed by atoms with Gasteiger partial charge in [-0.15, -0.1) is 0 Å². The van der Waals surface area contributed by atoms with Crippen molar-refractivity contribution in [2.24, 2.45) is 0 Å². The topological polar surface area (TPSA) is 156 Å². The van der Waals surface area contributed by atoms with Gasteiger partial charge in [-0.25, -0.2) is 0 Å². The first-order valence-corrected chi connectivity index (χ1v) is 22.6. The molecule has 0 spiro atoms. The Bertz CT molecular complexity index is 2320. The maximum absolute atomic E-state index is 6.24. The summed E-state index contributed by atoms with van der Waals surface area (Å²) in [6, 6.07) is 26.5. The normalized spacial score (nSPS) is 10.8. The summed E-state index contributed by atoms with van der Waals surface area (Å²) in [6.45, 7) is 25.3. The molecule has 0 atom stereocenters. The van der Waals surface area contributed by atoms with E-state index >= 15 is 0 Å². The summed E-state index contributed by atoms with van der Waals surface area (Å²) in [5.74, 6) is 0. The van der Waals surface area contributed by atoms with Crippen LogP contribution >= 0.6 is 0 Å². The van der Waals surface area contributed by atoms with Crippen LogP contribution in [0.1, 0.15) is 135 Å². The van der Waals surface area contributed by atoms with Crippen LogP contribution in [-0.2, 0) is 51.4 Å². The molecule has 6 rings (SSSR count). The number of benzene rings is 6. The van der Waals surface area contributed by atoms with Gasteiger partial charge in [0, 0.05) is 34.1 Å². The number of hydrogen-bond acceptors (Lipinski definition) is 6. The third-order valence-electron chi connectivity index (χ3n) is 12.4. The van der Waals surface area contributed by atoms with E-state index in [1.54, 1.807) is 0 Å². The SMILES string of the molecule is CCc1cc(Cc2cc(C)c(N)c(CC)c2)cc(C)c1N.CCc1cc(Cc2cc(CC)c(N)c(CC)c2)cc(C)c1N.Cc1cc(Cc2cc(C)c(N)c(C)c2)cc(C)c1N. The molecule has 0 saturated carbocycles. The largest absolute Gasteiger partial charge is 0.398 e. The molecule has 0 heterocycles. The molecule has 6 heteroatoms. The zero-order valence-electron chi connectivity index (χ0n) is 40.0. The number of nitrogens with two attached hydrogens (primary N) is 6. The minimum atomic E-state index is 0.897. The molecule has 0 fully saturated rings. The number of hydrogen-bond donors (Lipinski definition) is 6. The van der Waals surface area contributed by atoms with Crippen molar-refractivity contribution >= 4 is 34.1 Å². The zero-order chi connectivity index (χ0) is 46.0. The molecule has 0 bridgehead atoms. The van der Waals surface area contributed by atoms with Crippen LogP contribution in [0.2, 0.25) is 0 Å². The third-order valence-corrected chi connectivity index (χ3v) is 12.4. The van der Waals surface area contributed by atoms with Gasteiger partial charge in [0.25, 0.3) is 0 Å². The van der Waals surface area contributed by atoms with E-state index in [2.05, 4.69) is 156 Å². The van der Waals surface area contributed by atoms with Crippen molar-refractivity contribution in [1.29, 1.82) is 0 Å². The van der Waals surface area contributed by atoms with E-state index in [1.807, 2.05) is 0 Å². The Kier molecular flexibility index (Phi) is 17.1. The molecular formula is C56H76N6. The molecule has 12 N–H and O–H groups in total. The lowest BCUT2D eigenvalue weighted by molar-refractivity contribution is 1.05. The lowest BCUT2D eigenvalue weighted by Gasteiger charge is -2.14. The quantitative estimate of drug-likeness (QED) is 0.0714. The van der Waals surface area contributed by atoms with Gasteiger partial charge in [-0.1, -0.05) is 107 Å². The van der Waals surface area contributed by atoms with Gasteiger partial charge in [-0.3, -0.25) is 0 Å². The van der Waals surface area contributed by atoms with Crippen molar-refractivity contribution in [1.82, 2.24) is 0 Å². The van der Waals surface area contributed by atoms with Gasteiger partial charge in [0.2, 0.25) is 0 Å². The zero-order valence-corrected chi connectivity index (χ0v) is 40.0. The second-order valence-electron chi connectivity index (χ2n) is 17.4. The average Bonchev–Trinajstić information content (AvgIpc) is 3.23. The van der Waals surface area contributed by atoms with Crippen LogP contribution in [0.15, 0.2) is 72.8 Å². The fourth-order valence-corrected chi connectivity index (χ4v) is 8.62. The predicted octanol–water partition coefficient (Wildman–Crippen LogP) is 12.3. The average molecular weight is 833 g/mol. The van der Waals surface area contributed by atoms with E-state index in [0.717, 1.165) is 108 Å². The van der Waals surface area contributed by atoms with E-state index in [0.29, 0.717) is 0 Å². The maximum Gasteiger partial charge on any atom is 0.0379 e. The molecule has 330 valence electrons. The minimum absolute atomic E-state index is 0.897. The summed E-state index contributed by atoms with van der Waals surface area (Å²) in [5, 5.41) is 0. The van der Waals surface area contributed by atoms with Gasteiger partial charge in [-0.05, 0) is 200 Å². The van der Waals surface area contributed by atoms with Gasteiger partial charge in [0.05, 0.1) is 0 Å². The highest BCUT2D eigenvalue weighted by molar-refractivity contribution is 5.61. The highest BCUT2D eigenvalue weighted by atomic mass is 14.6. The second-order valence-corrected chi connectivity index (χ2v) is 17.4. The van der Waals surface area contributed by atoms with Gasteiger partial charge in [0.1, 0.15) is 0 Å². The van der Waals surface area contributed by atoms with Crippen molar-refractivity contribution in [3.8, 4) is 0 Å². The van der Waals surface area contributed by atoms with Crippen molar-refractivity contribution in [2.45, 2.75) is 134 Å². The van der Waals surface area contributed by atoms with Gasteiger partial charge >= 0.3 is 0 Å². The third kappa shape index (κ3) is 12.1. The van der Waals surface area contributed by atoms with E-state index in [1.165, 1.54) is 77.9 Å². The number of nitrogen functional groups attached to an aromatic ring is 6. The van der Waals surface area contributed by atoms with Crippen molar-refractivity contribution < 1.29 is 0 Å². The lowest BCUT2D eigenvalue weighted by Crippen LogP contribution is -2.03. The summed E-state index contributed by atoms with van der Waals surface area (Å²) in [6.07, 6.45) is 7.67. The fourth-order valence-electron chi connectivity index (χ4n) is 8.62. The van der Waals surface area contributed by atoms with E-state index in [4.69, 9.17) is 34.4 Å². The van der Waals surface area contributed by atoms with Crippen LogP contribution in [0.4, 0.5) is 34.1 Å². The van der Waals surface area contributed by atoms with Gasteiger partial charge in [0.15, 0.2) is 0 Å². The first kappa shape index (κ1) is 48.8. The number of rotatable bonds is 11. The predicted molar refractivity (Wildman–Crippen MR) is 274 cm³/mol. The number of anilines is 6. The Morgan fingerprint density at radius 3 is 0.613 bits per heavy atom. The van der Waals surface area contributed by atoms with Crippen LogP contribution < -0.4 is 34.4 Å². The Hall–Kier alpha value is -5.88. The van der Waals surface area contributed by atoms with Crippen LogP contribution in [0.5, 0.6) is 0 Å².